The van der Waals surface area contributed by atoms with Gasteiger partial charge in [0.05, 0.1) is 0 Å². The maximum atomic E-state index is 5.67. The number of halogens is 1. The molecule has 0 radical (unpaired) electrons. The first-order chi connectivity index (χ1) is 9.52. The third kappa shape index (κ3) is 3.19. The molecule has 2 aromatic rings. The molecule has 2 N–H and O–H groups in total. The summed E-state index contributed by atoms with van der Waals surface area (Å²) >= 11 is 8.53. The van der Waals surface area contributed by atoms with E-state index in [4.69, 9.17) is 18.0 Å². The Morgan fingerprint density at radius 1 is 1.15 bits per heavy atom. The first kappa shape index (κ1) is 15.0. The quantitative estimate of drug-likeness (QED) is 0.829. The first-order valence-corrected chi connectivity index (χ1v) is 7.65. The number of nitrogens with zero attached hydrogens (tertiary/aromatic N) is 1. The summed E-state index contributed by atoms with van der Waals surface area (Å²) in [7, 11) is 2.04. The van der Waals surface area contributed by atoms with Crippen molar-refractivity contribution in [3.05, 3.63) is 58.1 Å². The van der Waals surface area contributed by atoms with Crippen molar-refractivity contribution in [2.45, 2.75) is 13.3 Å². The third-order valence-electron chi connectivity index (χ3n) is 3.34. The van der Waals surface area contributed by atoms with Gasteiger partial charge in [-0.25, -0.2) is 0 Å². The molecule has 0 aliphatic rings. The van der Waals surface area contributed by atoms with Gasteiger partial charge in [-0.3, -0.25) is 0 Å². The minimum Gasteiger partial charge on any atom is -0.389 e. The summed E-state index contributed by atoms with van der Waals surface area (Å²) in [4.78, 5) is 2.53. The van der Waals surface area contributed by atoms with E-state index >= 15 is 0 Å². The molecule has 2 nitrogen and oxygen atoms in total. The Hall–Kier alpha value is -1.39. The molecule has 0 amide bonds. The highest BCUT2D eigenvalue weighted by Gasteiger charge is 2.08. The Labute approximate surface area is 133 Å². The van der Waals surface area contributed by atoms with E-state index in [2.05, 4.69) is 52.0 Å². The monoisotopic (exact) mass is 348 g/mol. The lowest BCUT2D eigenvalue weighted by atomic mass is 10.1. The molecular weight excluding hydrogens is 332 g/mol. The molecule has 20 heavy (non-hydrogen) atoms. The number of anilines is 2. The van der Waals surface area contributed by atoms with Crippen molar-refractivity contribution in [3.8, 4) is 0 Å². The van der Waals surface area contributed by atoms with E-state index in [0.29, 0.717) is 4.99 Å². The molecule has 2 rings (SSSR count). The van der Waals surface area contributed by atoms with Gasteiger partial charge in [-0.05, 0) is 58.2 Å². The minimum absolute atomic E-state index is 0.401. The summed E-state index contributed by atoms with van der Waals surface area (Å²) in [6.45, 7) is 2.16. The number of benzene rings is 2. The van der Waals surface area contributed by atoms with Crippen molar-refractivity contribution in [2.24, 2.45) is 5.73 Å². The zero-order valence-electron chi connectivity index (χ0n) is 11.6. The van der Waals surface area contributed by atoms with E-state index in [1.807, 2.05) is 25.2 Å². The lowest BCUT2D eigenvalue weighted by Gasteiger charge is -2.20. The zero-order valence-corrected chi connectivity index (χ0v) is 14.0. The third-order valence-corrected chi connectivity index (χ3v) is 4.21. The average molecular weight is 349 g/mol. The van der Waals surface area contributed by atoms with E-state index in [0.717, 1.165) is 27.8 Å². The highest BCUT2D eigenvalue weighted by molar-refractivity contribution is 9.10. The molecule has 104 valence electrons. The van der Waals surface area contributed by atoms with Crippen LogP contribution >= 0.6 is 28.1 Å². The molecule has 0 aromatic heterocycles. The van der Waals surface area contributed by atoms with Crippen molar-refractivity contribution in [2.75, 3.05) is 11.9 Å². The van der Waals surface area contributed by atoms with Gasteiger partial charge in [-0.2, -0.15) is 0 Å². The summed E-state index contributed by atoms with van der Waals surface area (Å²) in [5, 5.41) is 0. The van der Waals surface area contributed by atoms with Gasteiger partial charge in [-0.1, -0.05) is 31.3 Å². The van der Waals surface area contributed by atoms with Crippen LogP contribution in [0.25, 0.3) is 0 Å². The Kier molecular flexibility index (Phi) is 4.78. The van der Waals surface area contributed by atoms with Crippen molar-refractivity contribution in [1.82, 2.24) is 0 Å². The number of hydrogen-bond donors (Lipinski definition) is 1. The van der Waals surface area contributed by atoms with Crippen LogP contribution in [0, 0.1) is 0 Å². The largest absolute Gasteiger partial charge is 0.389 e. The molecule has 2 aromatic carbocycles. The maximum absolute atomic E-state index is 5.67. The van der Waals surface area contributed by atoms with Crippen molar-refractivity contribution >= 4 is 44.5 Å². The fourth-order valence-corrected chi connectivity index (χ4v) is 2.91. The number of thiocarbonyl (C=S) groups is 1. The van der Waals surface area contributed by atoms with E-state index in [-0.39, 0.29) is 0 Å². The second-order valence-electron chi connectivity index (χ2n) is 4.61. The van der Waals surface area contributed by atoms with Gasteiger partial charge < -0.3 is 10.6 Å². The average Bonchev–Trinajstić information content (AvgIpc) is 2.46. The Balaban J connectivity index is 2.30. The van der Waals surface area contributed by atoms with Crippen LogP contribution in [0.4, 0.5) is 11.4 Å². The van der Waals surface area contributed by atoms with Crippen LogP contribution < -0.4 is 10.6 Å². The SMILES string of the molecule is CCc1ccc(N(C)c2ccc(C(N)=S)c(Br)c2)cc1. The van der Waals surface area contributed by atoms with Gasteiger partial charge in [0.15, 0.2) is 0 Å². The fraction of sp³-hybridized carbons (Fsp3) is 0.188. The Morgan fingerprint density at radius 2 is 1.75 bits per heavy atom. The van der Waals surface area contributed by atoms with Crippen LogP contribution in [0.15, 0.2) is 46.9 Å². The normalized spacial score (nSPS) is 10.3. The van der Waals surface area contributed by atoms with Crippen molar-refractivity contribution in [3.63, 3.8) is 0 Å². The number of hydrogen-bond acceptors (Lipinski definition) is 2. The lowest BCUT2D eigenvalue weighted by molar-refractivity contribution is 1.13. The smallest absolute Gasteiger partial charge is 0.105 e. The highest BCUT2D eigenvalue weighted by Crippen LogP contribution is 2.28. The van der Waals surface area contributed by atoms with Crippen molar-refractivity contribution < 1.29 is 0 Å². The number of rotatable bonds is 4. The molecule has 0 spiro atoms. The summed E-state index contributed by atoms with van der Waals surface area (Å²) in [5.74, 6) is 0. The second-order valence-corrected chi connectivity index (χ2v) is 5.90. The van der Waals surface area contributed by atoms with Crippen LogP contribution in [-0.4, -0.2) is 12.0 Å². The van der Waals surface area contributed by atoms with Crippen LogP contribution in [0.1, 0.15) is 18.1 Å². The molecule has 4 heteroatoms. The fourth-order valence-electron chi connectivity index (χ4n) is 2.02. The second kappa shape index (κ2) is 6.37. The molecule has 0 unspecified atom stereocenters. The summed E-state index contributed by atoms with van der Waals surface area (Å²) in [6.07, 6.45) is 1.05. The van der Waals surface area contributed by atoms with Gasteiger partial charge in [0.1, 0.15) is 4.99 Å². The Bertz CT molecular complexity index is 623. The topological polar surface area (TPSA) is 29.3 Å². The molecule has 0 bridgehead atoms. The number of nitrogens with two attached hydrogens (primary N) is 1. The van der Waals surface area contributed by atoms with Crippen LogP contribution in [0.5, 0.6) is 0 Å². The minimum atomic E-state index is 0.401. The Morgan fingerprint density at radius 3 is 2.25 bits per heavy atom. The number of aryl methyl sites for hydroxylation is 1. The van der Waals surface area contributed by atoms with Crippen LogP contribution in [-0.2, 0) is 6.42 Å². The first-order valence-electron chi connectivity index (χ1n) is 6.45. The molecule has 0 aliphatic carbocycles. The van der Waals surface area contributed by atoms with E-state index < -0.39 is 0 Å². The van der Waals surface area contributed by atoms with E-state index in [9.17, 15) is 0 Å². The highest BCUT2D eigenvalue weighted by atomic mass is 79.9. The maximum Gasteiger partial charge on any atom is 0.105 e. The van der Waals surface area contributed by atoms with E-state index in [1.54, 1.807) is 0 Å². The van der Waals surface area contributed by atoms with E-state index in [1.165, 1.54) is 5.56 Å². The molecule has 0 saturated heterocycles. The van der Waals surface area contributed by atoms with Crippen LogP contribution in [0.2, 0.25) is 0 Å². The predicted octanol–water partition coefficient (Wildman–Crippen LogP) is 4.41. The summed E-state index contributed by atoms with van der Waals surface area (Å²) in [5.41, 5.74) is 10.1. The van der Waals surface area contributed by atoms with Crippen LogP contribution in [0.3, 0.4) is 0 Å². The van der Waals surface area contributed by atoms with Gasteiger partial charge in [0.2, 0.25) is 0 Å². The molecule has 0 atom stereocenters. The van der Waals surface area contributed by atoms with Gasteiger partial charge in [0.25, 0.3) is 0 Å². The molecule has 0 fully saturated rings. The van der Waals surface area contributed by atoms with Crippen molar-refractivity contribution in [1.29, 1.82) is 0 Å². The van der Waals surface area contributed by atoms with Gasteiger partial charge >= 0.3 is 0 Å². The summed E-state index contributed by atoms with van der Waals surface area (Å²) < 4.78 is 0.916. The summed E-state index contributed by atoms with van der Waals surface area (Å²) in [6, 6.07) is 14.6. The molecule has 0 heterocycles. The van der Waals surface area contributed by atoms with Gasteiger partial charge in [-0.15, -0.1) is 0 Å². The molecule has 0 aliphatic heterocycles. The lowest BCUT2D eigenvalue weighted by Crippen LogP contribution is -2.12. The standard InChI is InChI=1S/C16H17BrN2S/c1-3-11-4-6-12(7-5-11)19(2)13-8-9-14(16(18)20)15(17)10-13/h4-10H,3H2,1-2H3,(H2,18,20). The predicted molar refractivity (Wildman–Crippen MR) is 93.9 cm³/mol. The molecule has 0 saturated carbocycles. The van der Waals surface area contributed by atoms with Gasteiger partial charge in [0, 0.05) is 28.5 Å². The molecular formula is C16H17BrN2S. The zero-order chi connectivity index (χ0) is 14.7.